The summed E-state index contributed by atoms with van der Waals surface area (Å²) < 4.78 is 38.3. The molecule has 1 aromatic carbocycles. The van der Waals surface area contributed by atoms with Crippen molar-refractivity contribution in [2.75, 3.05) is 44.8 Å². The lowest BCUT2D eigenvalue weighted by Crippen LogP contribution is -2.48. The third-order valence-electron chi connectivity index (χ3n) is 5.10. The molecule has 0 radical (unpaired) electrons. The zero-order valence-corrected chi connectivity index (χ0v) is 18.0. The van der Waals surface area contributed by atoms with Crippen molar-refractivity contribution in [1.29, 1.82) is 0 Å². The second-order valence-corrected chi connectivity index (χ2v) is 8.77. The van der Waals surface area contributed by atoms with Crippen molar-refractivity contribution in [1.82, 2.24) is 9.29 Å². The van der Waals surface area contributed by atoms with Gasteiger partial charge in [0.15, 0.2) is 0 Å². The Labute approximate surface area is 171 Å². The van der Waals surface area contributed by atoms with Gasteiger partial charge in [-0.3, -0.25) is 0 Å². The smallest absolute Gasteiger partial charge is 0.355 e. The zero-order chi connectivity index (χ0) is 21.2. The van der Waals surface area contributed by atoms with E-state index >= 15 is 0 Å². The van der Waals surface area contributed by atoms with Gasteiger partial charge in [-0.05, 0) is 32.9 Å². The molecule has 1 saturated heterocycles. The number of carbonyl (C=O) groups is 1. The lowest BCUT2D eigenvalue weighted by atomic mass is 10.2. The van der Waals surface area contributed by atoms with Gasteiger partial charge >= 0.3 is 5.97 Å². The second kappa shape index (κ2) is 8.46. The van der Waals surface area contributed by atoms with E-state index in [9.17, 15) is 13.2 Å². The van der Waals surface area contributed by atoms with Crippen LogP contribution < -0.4 is 9.64 Å². The first-order valence-corrected chi connectivity index (χ1v) is 11.0. The number of hydrogen-bond acceptors (Lipinski definition) is 6. The summed E-state index contributed by atoms with van der Waals surface area (Å²) in [7, 11) is -2.11. The van der Waals surface area contributed by atoms with Gasteiger partial charge in [0.25, 0.3) is 0 Å². The van der Waals surface area contributed by atoms with Crippen LogP contribution in [0.5, 0.6) is 5.75 Å². The van der Waals surface area contributed by atoms with Gasteiger partial charge in [0.1, 0.15) is 16.3 Å². The van der Waals surface area contributed by atoms with Crippen LogP contribution in [0, 0.1) is 13.8 Å². The number of sulfonamides is 1. The van der Waals surface area contributed by atoms with E-state index in [0.717, 1.165) is 11.4 Å². The van der Waals surface area contributed by atoms with Crippen molar-refractivity contribution in [3.63, 3.8) is 0 Å². The van der Waals surface area contributed by atoms with Gasteiger partial charge in [-0.25, -0.2) is 13.2 Å². The molecule has 0 atom stereocenters. The Morgan fingerprint density at radius 1 is 1.17 bits per heavy atom. The fraction of sp³-hybridized carbons (Fsp3) is 0.450. The largest absolute Gasteiger partial charge is 0.497 e. The van der Waals surface area contributed by atoms with E-state index in [1.807, 2.05) is 24.3 Å². The van der Waals surface area contributed by atoms with Crippen molar-refractivity contribution < 1.29 is 22.7 Å². The monoisotopic (exact) mass is 421 g/mol. The molecule has 0 saturated carbocycles. The molecule has 1 aliphatic rings. The molecule has 0 bridgehead atoms. The summed E-state index contributed by atoms with van der Waals surface area (Å²) >= 11 is 0. The molecule has 158 valence electrons. The van der Waals surface area contributed by atoms with Crippen LogP contribution in [0.15, 0.2) is 29.2 Å². The summed E-state index contributed by atoms with van der Waals surface area (Å²) in [5.74, 6) is 0.222. The van der Waals surface area contributed by atoms with Crippen LogP contribution in [0.3, 0.4) is 0 Å². The topological polar surface area (TPSA) is 91.9 Å². The van der Waals surface area contributed by atoms with Gasteiger partial charge < -0.3 is 19.4 Å². The number of ether oxygens (including phenoxy) is 2. The number of methoxy groups -OCH3 is 1. The Kier molecular flexibility index (Phi) is 6.18. The number of H-pyrrole nitrogens is 1. The highest BCUT2D eigenvalue weighted by Gasteiger charge is 2.34. The molecule has 29 heavy (non-hydrogen) atoms. The predicted octanol–water partition coefficient (Wildman–Crippen LogP) is 2.33. The fourth-order valence-electron chi connectivity index (χ4n) is 3.65. The molecular formula is C20H27N3O5S. The molecule has 0 amide bonds. The van der Waals surface area contributed by atoms with Crippen molar-refractivity contribution >= 4 is 21.7 Å². The van der Waals surface area contributed by atoms with Crippen LogP contribution in [0.4, 0.5) is 5.69 Å². The highest BCUT2D eigenvalue weighted by molar-refractivity contribution is 7.89. The molecule has 0 unspecified atom stereocenters. The zero-order valence-electron chi connectivity index (χ0n) is 17.2. The van der Waals surface area contributed by atoms with Crippen LogP contribution in [-0.2, 0) is 14.8 Å². The quantitative estimate of drug-likeness (QED) is 0.720. The number of hydrogen-bond donors (Lipinski definition) is 1. The number of aryl methyl sites for hydroxylation is 1. The van der Waals surface area contributed by atoms with E-state index in [1.165, 1.54) is 4.31 Å². The first-order chi connectivity index (χ1) is 13.8. The Morgan fingerprint density at radius 3 is 2.48 bits per heavy atom. The first kappa shape index (κ1) is 21.2. The molecule has 2 heterocycles. The minimum atomic E-state index is -3.73. The number of anilines is 1. The summed E-state index contributed by atoms with van der Waals surface area (Å²) in [6, 6.07) is 7.72. The summed E-state index contributed by atoms with van der Waals surface area (Å²) in [4.78, 5) is 17.3. The van der Waals surface area contributed by atoms with Gasteiger partial charge in [-0.2, -0.15) is 4.31 Å². The van der Waals surface area contributed by atoms with Crippen LogP contribution >= 0.6 is 0 Å². The number of carbonyl (C=O) groups excluding carboxylic acids is 1. The average molecular weight is 422 g/mol. The third kappa shape index (κ3) is 4.11. The lowest BCUT2D eigenvalue weighted by molar-refractivity contribution is 0.0519. The molecule has 0 spiro atoms. The molecule has 3 rings (SSSR count). The predicted molar refractivity (Wildman–Crippen MR) is 110 cm³/mol. The highest BCUT2D eigenvalue weighted by atomic mass is 32.2. The van der Waals surface area contributed by atoms with Crippen LogP contribution in [0.2, 0.25) is 0 Å². The molecular weight excluding hydrogens is 394 g/mol. The summed E-state index contributed by atoms with van der Waals surface area (Å²) in [6.07, 6.45) is 0. The Hall–Kier alpha value is -2.52. The molecule has 9 heteroatoms. The number of benzene rings is 1. The van der Waals surface area contributed by atoms with Crippen LogP contribution in [0.25, 0.3) is 0 Å². The van der Waals surface area contributed by atoms with Crippen molar-refractivity contribution in [2.45, 2.75) is 25.7 Å². The summed E-state index contributed by atoms with van der Waals surface area (Å²) in [5.41, 5.74) is 2.04. The summed E-state index contributed by atoms with van der Waals surface area (Å²) in [6.45, 7) is 7.09. The first-order valence-electron chi connectivity index (χ1n) is 9.55. The summed E-state index contributed by atoms with van der Waals surface area (Å²) in [5, 5.41) is 0. The van der Waals surface area contributed by atoms with Crippen molar-refractivity contribution in [2.24, 2.45) is 0 Å². The van der Waals surface area contributed by atoms with E-state index in [-0.39, 0.29) is 17.2 Å². The maximum absolute atomic E-state index is 13.3. The van der Waals surface area contributed by atoms with Crippen molar-refractivity contribution in [3.8, 4) is 5.75 Å². The number of aromatic nitrogens is 1. The number of esters is 1. The van der Waals surface area contributed by atoms with Crippen LogP contribution in [-0.4, -0.2) is 63.6 Å². The Balaban J connectivity index is 1.79. The van der Waals surface area contributed by atoms with Crippen LogP contribution in [0.1, 0.15) is 28.7 Å². The molecule has 1 fully saturated rings. The minimum absolute atomic E-state index is 0.162. The fourth-order valence-corrected chi connectivity index (χ4v) is 5.48. The maximum atomic E-state index is 13.3. The second-order valence-electron chi connectivity index (χ2n) is 6.89. The molecule has 0 aliphatic carbocycles. The standard InChI is InChI=1S/C20H27N3O5S/c1-5-28-20(24)18-14(2)19(15(3)21-18)29(25,26)23-11-9-22(10-12-23)16-7-6-8-17(13-16)27-4/h6-8,13,21H,5,9-12H2,1-4H3. The van der Waals surface area contributed by atoms with E-state index in [4.69, 9.17) is 9.47 Å². The Bertz CT molecular complexity index is 992. The number of piperazine rings is 1. The van der Waals surface area contributed by atoms with E-state index in [0.29, 0.717) is 37.4 Å². The molecule has 1 aromatic heterocycles. The van der Waals surface area contributed by atoms with Gasteiger partial charge in [0, 0.05) is 49.2 Å². The average Bonchev–Trinajstić information content (AvgIpc) is 3.03. The van der Waals surface area contributed by atoms with Gasteiger partial charge in [0.2, 0.25) is 10.0 Å². The normalized spacial score (nSPS) is 15.4. The van der Waals surface area contributed by atoms with E-state index in [2.05, 4.69) is 9.88 Å². The molecule has 1 aliphatic heterocycles. The molecule has 8 nitrogen and oxygen atoms in total. The molecule has 2 aromatic rings. The number of aromatic amines is 1. The Morgan fingerprint density at radius 2 is 1.86 bits per heavy atom. The number of nitrogens with one attached hydrogen (secondary N) is 1. The highest BCUT2D eigenvalue weighted by Crippen LogP contribution is 2.29. The van der Waals surface area contributed by atoms with Gasteiger partial charge in [0.05, 0.1) is 13.7 Å². The van der Waals surface area contributed by atoms with E-state index in [1.54, 1.807) is 27.9 Å². The van der Waals surface area contributed by atoms with E-state index < -0.39 is 16.0 Å². The lowest BCUT2D eigenvalue weighted by Gasteiger charge is -2.35. The third-order valence-corrected chi connectivity index (χ3v) is 7.28. The minimum Gasteiger partial charge on any atom is -0.497 e. The number of nitrogens with zero attached hydrogens (tertiary/aromatic N) is 2. The van der Waals surface area contributed by atoms with Gasteiger partial charge in [-0.1, -0.05) is 6.07 Å². The number of rotatable bonds is 6. The SMILES string of the molecule is CCOC(=O)c1[nH]c(C)c(S(=O)(=O)N2CCN(c3cccc(OC)c3)CC2)c1C. The van der Waals surface area contributed by atoms with Gasteiger partial charge in [-0.15, -0.1) is 0 Å². The van der Waals surface area contributed by atoms with Crippen molar-refractivity contribution in [3.05, 3.63) is 41.2 Å². The molecule has 1 N–H and O–H groups in total. The maximum Gasteiger partial charge on any atom is 0.355 e.